The van der Waals surface area contributed by atoms with Gasteiger partial charge in [-0.25, -0.2) is 0 Å². The van der Waals surface area contributed by atoms with Gasteiger partial charge in [0.25, 0.3) is 0 Å². The van der Waals surface area contributed by atoms with Crippen LogP contribution in [-0.2, 0) is 17.6 Å². The molecule has 0 spiro atoms. The highest BCUT2D eigenvalue weighted by Gasteiger charge is 2.22. The molecule has 1 atom stereocenters. The molecule has 0 aromatic heterocycles. The summed E-state index contributed by atoms with van der Waals surface area (Å²) in [5, 5.41) is 4.18. The maximum Gasteiger partial charge on any atom is 0.228 e. The van der Waals surface area contributed by atoms with Gasteiger partial charge in [0.15, 0.2) is 0 Å². The summed E-state index contributed by atoms with van der Waals surface area (Å²) in [4.78, 5) is 11.5. The van der Waals surface area contributed by atoms with Gasteiger partial charge in [-0.3, -0.25) is 4.79 Å². The van der Waals surface area contributed by atoms with E-state index in [-0.39, 0.29) is 10.7 Å². The molecule has 1 unspecified atom stereocenters. The Balaban J connectivity index is 1.87. The summed E-state index contributed by atoms with van der Waals surface area (Å²) in [6.07, 6.45) is 1.19. The van der Waals surface area contributed by atoms with Crippen LogP contribution < -0.4 is 5.32 Å². The van der Waals surface area contributed by atoms with Gasteiger partial charge in [-0.15, -0.1) is 0 Å². The summed E-state index contributed by atoms with van der Waals surface area (Å²) in [5.74, 6) is 0.0131. The number of rotatable bonds is 3. The van der Waals surface area contributed by atoms with Gasteiger partial charge in [0.2, 0.25) is 5.91 Å². The minimum Gasteiger partial charge on any atom is -0.325 e. The number of amides is 1. The molecule has 3 rings (SSSR count). The van der Waals surface area contributed by atoms with Crippen LogP contribution in [0.3, 0.4) is 0 Å². The van der Waals surface area contributed by atoms with Crippen LogP contribution in [0.1, 0.15) is 21.5 Å². The van der Waals surface area contributed by atoms with Crippen LogP contribution >= 0.6 is 39.1 Å². The standard InChI is InChI=1S/C16H12BrCl2NO/c17-13(5-9-2-1-3-11(18)4-9)12-6-10-7-16(21)20-15(10)8-14(12)19/h1-4,6,8,13H,5,7H2,(H,20,21). The van der Waals surface area contributed by atoms with E-state index in [4.69, 9.17) is 23.2 Å². The number of fused-ring (bicyclic) bond motifs is 1. The lowest BCUT2D eigenvalue weighted by Crippen LogP contribution is -2.03. The lowest BCUT2D eigenvalue weighted by atomic mass is 10.0. The predicted octanol–water partition coefficient (Wildman–Crippen LogP) is 5.17. The zero-order chi connectivity index (χ0) is 15.0. The molecular formula is C16H12BrCl2NO. The van der Waals surface area contributed by atoms with Crippen molar-refractivity contribution in [3.63, 3.8) is 0 Å². The minimum atomic E-state index is 0.0131. The number of halogens is 3. The first-order chi connectivity index (χ1) is 10.0. The number of anilines is 1. The smallest absolute Gasteiger partial charge is 0.228 e. The van der Waals surface area contributed by atoms with Crippen LogP contribution in [0.5, 0.6) is 0 Å². The fraction of sp³-hybridized carbons (Fsp3) is 0.188. The molecule has 1 N–H and O–H groups in total. The molecule has 0 fully saturated rings. The van der Waals surface area contributed by atoms with E-state index in [1.807, 2.05) is 36.4 Å². The van der Waals surface area contributed by atoms with Crippen molar-refractivity contribution in [1.29, 1.82) is 0 Å². The number of alkyl halides is 1. The summed E-state index contributed by atoms with van der Waals surface area (Å²) >= 11 is 16.0. The van der Waals surface area contributed by atoms with Gasteiger partial charge >= 0.3 is 0 Å². The Morgan fingerprint density at radius 2 is 2.05 bits per heavy atom. The summed E-state index contributed by atoms with van der Waals surface area (Å²) in [7, 11) is 0. The number of benzene rings is 2. The van der Waals surface area contributed by atoms with E-state index < -0.39 is 0 Å². The molecule has 21 heavy (non-hydrogen) atoms. The van der Waals surface area contributed by atoms with Crippen molar-refractivity contribution in [2.45, 2.75) is 17.7 Å². The zero-order valence-electron chi connectivity index (χ0n) is 11.0. The molecule has 2 aromatic carbocycles. The Labute approximate surface area is 141 Å². The van der Waals surface area contributed by atoms with Crippen molar-refractivity contribution in [2.24, 2.45) is 0 Å². The average Bonchev–Trinajstić information content (AvgIpc) is 2.76. The van der Waals surface area contributed by atoms with Crippen molar-refractivity contribution in [2.75, 3.05) is 5.32 Å². The monoisotopic (exact) mass is 383 g/mol. The van der Waals surface area contributed by atoms with Crippen LogP contribution in [0.4, 0.5) is 5.69 Å². The largest absolute Gasteiger partial charge is 0.325 e. The summed E-state index contributed by atoms with van der Waals surface area (Å²) in [5.41, 5.74) is 3.94. The fourth-order valence-electron chi connectivity index (χ4n) is 2.49. The van der Waals surface area contributed by atoms with Gasteiger partial charge in [-0.1, -0.05) is 57.3 Å². The summed E-state index contributed by atoms with van der Waals surface area (Å²) in [6.45, 7) is 0. The highest BCUT2D eigenvalue weighted by Crippen LogP contribution is 2.37. The normalized spacial score (nSPS) is 14.7. The fourth-order valence-corrected chi connectivity index (χ4v) is 3.88. The first-order valence-corrected chi connectivity index (χ1v) is 8.21. The highest BCUT2D eigenvalue weighted by molar-refractivity contribution is 9.09. The van der Waals surface area contributed by atoms with Gasteiger partial charge < -0.3 is 5.32 Å². The zero-order valence-corrected chi connectivity index (χ0v) is 14.1. The predicted molar refractivity (Wildman–Crippen MR) is 90.6 cm³/mol. The van der Waals surface area contributed by atoms with Gasteiger partial charge in [-0.05, 0) is 41.3 Å². The van der Waals surface area contributed by atoms with Gasteiger partial charge in [-0.2, -0.15) is 0 Å². The molecule has 1 heterocycles. The number of carbonyl (C=O) groups excluding carboxylic acids is 1. The molecule has 0 saturated carbocycles. The van der Waals surface area contributed by atoms with Crippen molar-refractivity contribution >= 4 is 50.7 Å². The maximum atomic E-state index is 11.4. The first-order valence-electron chi connectivity index (χ1n) is 6.53. The van der Waals surface area contributed by atoms with Crippen LogP contribution in [0.2, 0.25) is 10.0 Å². The number of carbonyl (C=O) groups is 1. The number of nitrogens with one attached hydrogen (secondary N) is 1. The van der Waals surface area contributed by atoms with Crippen LogP contribution in [0.15, 0.2) is 36.4 Å². The van der Waals surface area contributed by atoms with E-state index in [2.05, 4.69) is 21.2 Å². The Morgan fingerprint density at radius 1 is 1.24 bits per heavy atom. The van der Waals surface area contributed by atoms with E-state index in [1.165, 1.54) is 0 Å². The lowest BCUT2D eigenvalue weighted by molar-refractivity contribution is -0.115. The summed E-state index contributed by atoms with van der Waals surface area (Å²) in [6, 6.07) is 11.6. The van der Waals surface area contributed by atoms with Crippen molar-refractivity contribution < 1.29 is 4.79 Å². The van der Waals surface area contributed by atoms with Crippen LogP contribution in [0, 0.1) is 0 Å². The molecule has 108 valence electrons. The van der Waals surface area contributed by atoms with Gasteiger partial charge in [0.05, 0.1) is 6.42 Å². The van der Waals surface area contributed by atoms with Crippen LogP contribution in [-0.4, -0.2) is 5.91 Å². The average molecular weight is 385 g/mol. The second kappa shape index (κ2) is 5.99. The third kappa shape index (κ3) is 3.25. The number of hydrogen-bond donors (Lipinski definition) is 1. The van der Waals surface area contributed by atoms with E-state index in [1.54, 1.807) is 0 Å². The van der Waals surface area contributed by atoms with E-state index in [9.17, 15) is 4.79 Å². The minimum absolute atomic E-state index is 0.0131. The van der Waals surface area contributed by atoms with Crippen molar-refractivity contribution in [3.05, 3.63) is 63.1 Å². The Hall–Kier alpha value is -1.03. The molecule has 0 bridgehead atoms. The van der Waals surface area contributed by atoms with Crippen molar-refractivity contribution in [3.8, 4) is 0 Å². The molecule has 1 aliphatic rings. The first kappa shape index (κ1) is 14.9. The molecule has 2 nitrogen and oxygen atoms in total. The summed E-state index contributed by atoms with van der Waals surface area (Å²) < 4.78 is 0. The Morgan fingerprint density at radius 3 is 2.81 bits per heavy atom. The third-order valence-electron chi connectivity index (χ3n) is 3.49. The second-order valence-corrected chi connectivity index (χ2v) is 7.01. The topological polar surface area (TPSA) is 29.1 Å². The van der Waals surface area contributed by atoms with E-state index >= 15 is 0 Å². The molecule has 2 aromatic rings. The van der Waals surface area contributed by atoms with Crippen LogP contribution in [0.25, 0.3) is 0 Å². The van der Waals surface area contributed by atoms with Gasteiger partial charge in [0.1, 0.15) is 0 Å². The molecule has 1 aliphatic heterocycles. The SMILES string of the molecule is O=C1Cc2cc(C(Br)Cc3cccc(Cl)c3)c(Cl)cc2N1. The molecule has 5 heteroatoms. The van der Waals surface area contributed by atoms with E-state index in [0.29, 0.717) is 11.4 Å². The van der Waals surface area contributed by atoms with Gasteiger partial charge in [0, 0.05) is 20.6 Å². The Kier molecular flexibility index (Phi) is 4.25. The quantitative estimate of drug-likeness (QED) is 0.727. The third-order valence-corrected chi connectivity index (χ3v) is 4.87. The lowest BCUT2D eigenvalue weighted by Gasteiger charge is -2.14. The molecule has 0 radical (unpaired) electrons. The Bertz CT molecular complexity index is 717. The maximum absolute atomic E-state index is 11.4. The second-order valence-electron chi connectivity index (χ2n) is 5.06. The van der Waals surface area contributed by atoms with Crippen molar-refractivity contribution in [1.82, 2.24) is 0 Å². The van der Waals surface area contributed by atoms with E-state index in [0.717, 1.165) is 33.8 Å². The highest BCUT2D eigenvalue weighted by atomic mass is 79.9. The molecule has 0 saturated heterocycles. The molecule has 0 aliphatic carbocycles. The number of hydrogen-bond acceptors (Lipinski definition) is 1. The molecular weight excluding hydrogens is 373 g/mol. The molecule has 1 amide bonds.